The predicted octanol–water partition coefficient (Wildman–Crippen LogP) is -0.858. The van der Waals surface area contributed by atoms with Crippen molar-refractivity contribution in [3.05, 3.63) is 51.8 Å². The second-order valence-electron chi connectivity index (χ2n) is 4.53. The summed E-state index contributed by atoms with van der Waals surface area (Å²) in [5.41, 5.74) is 1.05. The molecule has 0 spiro atoms. The van der Waals surface area contributed by atoms with Crippen LogP contribution in [0.4, 0.5) is 18.6 Å². The van der Waals surface area contributed by atoms with E-state index in [2.05, 4.69) is 15.0 Å². The Morgan fingerprint density at radius 1 is 1.26 bits per heavy atom. The Hall–Kier alpha value is -0.789. The zero-order valence-electron chi connectivity index (χ0n) is 12.2. The zero-order chi connectivity index (χ0) is 16.2. The van der Waals surface area contributed by atoms with Crippen LogP contribution in [-0.4, -0.2) is 33.4 Å². The molecule has 0 unspecified atom stereocenters. The van der Waals surface area contributed by atoms with Gasteiger partial charge in [-0.25, -0.2) is 4.68 Å². The van der Waals surface area contributed by atoms with E-state index < -0.39 is 18.4 Å². The van der Waals surface area contributed by atoms with E-state index in [0.29, 0.717) is 11.3 Å². The number of benzene rings is 1. The van der Waals surface area contributed by atoms with Crippen LogP contribution in [0.1, 0.15) is 11.3 Å². The van der Waals surface area contributed by atoms with Gasteiger partial charge in [0.25, 0.3) is 5.69 Å². The summed E-state index contributed by atoms with van der Waals surface area (Å²) in [6, 6.07) is 5.77. The molecular formula is C11H11BF3KN4O3. The minimum atomic E-state index is -5.00. The van der Waals surface area contributed by atoms with E-state index in [1.165, 1.54) is 23.0 Å². The first-order valence-electron chi connectivity index (χ1n) is 6.24. The summed E-state index contributed by atoms with van der Waals surface area (Å²) in [4.78, 5) is 10.0. The molecule has 2 aromatic rings. The molecule has 0 radical (unpaired) electrons. The van der Waals surface area contributed by atoms with E-state index in [-0.39, 0.29) is 70.2 Å². The van der Waals surface area contributed by atoms with Gasteiger partial charge >= 0.3 is 58.4 Å². The number of non-ortho nitro benzene ring substituents is 1. The number of nitro groups is 1. The van der Waals surface area contributed by atoms with Crippen molar-refractivity contribution >= 4 is 12.7 Å². The molecule has 0 aliphatic carbocycles. The van der Waals surface area contributed by atoms with Crippen LogP contribution >= 0.6 is 0 Å². The van der Waals surface area contributed by atoms with E-state index in [4.69, 9.17) is 0 Å². The van der Waals surface area contributed by atoms with Crippen LogP contribution in [0.15, 0.2) is 30.5 Å². The molecule has 23 heavy (non-hydrogen) atoms. The Morgan fingerprint density at radius 3 is 2.48 bits per heavy atom. The summed E-state index contributed by atoms with van der Waals surface area (Å²) in [5, 5.41) is 17.9. The number of nitrogens with zero attached hydrogens (tertiary/aromatic N) is 4. The molecule has 0 N–H and O–H groups in total. The van der Waals surface area contributed by atoms with E-state index in [9.17, 15) is 23.1 Å². The zero-order valence-corrected chi connectivity index (χ0v) is 15.4. The summed E-state index contributed by atoms with van der Waals surface area (Å²) in [7, 11) is 0. The number of hydrogen-bond donors (Lipinski definition) is 0. The number of nitro benzene ring substituents is 1. The fourth-order valence-corrected chi connectivity index (χ4v) is 1.72. The van der Waals surface area contributed by atoms with E-state index >= 15 is 0 Å². The van der Waals surface area contributed by atoms with Gasteiger partial charge in [-0.3, -0.25) is 10.1 Å². The molecule has 0 bridgehead atoms. The topological polar surface area (TPSA) is 83.1 Å². The van der Waals surface area contributed by atoms with Gasteiger partial charge in [-0.1, -0.05) is 17.3 Å². The molecule has 0 atom stereocenters. The molecule has 0 aliphatic heterocycles. The van der Waals surface area contributed by atoms with E-state index in [0.717, 1.165) is 0 Å². The van der Waals surface area contributed by atoms with Crippen molar-refractivity contribution in [2.75, 3.05) is 6.51 Å². The van der Waals surface area contributed by atoms with Crippen LogP contribution < -0.4 is 51.4 Å². The molecular weight excluding hydrogens is 343 g/mol. The normalized spacial score (nSPS) is 11.1. The number of rotatable bonds is 7. The van der Waals surface area contributed by atoms with Crippen molar-refractivity contribution in [1.82, 2.24) is 15.0 Å². The molecule has 0 amide bonds. The standard InChI is InChI=1S/C11H11BF3N4O3.K/c13-12(14,15)8-22-7-11-5-16-17-18(11)6-9-1-3-10(4-2-9)19(20)21;/h1-5H,6-8H2;/q-1;+1. The molecule has 0 aliphatic rings. The van der Waals surface area contributed by atoms with Crippen LogP contribution in [0, 0.1) is 10.1 Å². The third-order valence-electron chi connectivity index (χ3n) is 2.73. The molecule has 0 fully saturated rings. The predicted molar refractivity (Wildman–Crippen MR) is 71.0 cm³/mol. The summed E-state index contributed by atoms with van der Waals surface area (Å²) in [6.07, 6.45) is 1.31. The molecule has 0 saturated carbocycles. The van der Waals surface area contributed by atoms with Gasteiger partial charge in [-0.05, 0) is 5.56 Å². The molecule has 1 aromatic carbocycles. The first-order valence-corrected chi connectivity index (χ1v) is 6.24. The van der Waals surface area contributed by atoms with Crippen LogP contribution in [0.2, 0.25) is 0 Å². The van der Waals surface area contributed by atoms with E-state index in [1.807, 2.05) is 0 Å². The molecule has 2 rings (SSSR count). The maximum absolute atomic E-state index is 12.1. The quantitative estimate of drug-likeness (QED) is 0.367. The summed E-state index contributed by atoms with van der Waals surface area (Å²) in [6.45, 7) is -6.32. The smallest absolute Gasteiger partial charge is 0.447 e. The Kier molecular flexibility index (Phi) is 7.83. The Balaban J connectivity index is 0.00000264. The van der Waals surface area contributed by atoms with Gasteiger partial charge in [0.2, 0.25) is 0 Å². The molecule has 118 valence electrons. The third kappa shape index (κ3) is 6.69. The maximum Gasteiger partial charge on any atom is 1.00 e. The monoisotopic (exact) mass is 354 g/mol. The molecule has 1 heterocycles. The minimum Gasteiger partial charge on any atom is -0.447 e. The van der Waals surface area contributed by atoms with Crippen molar-refractivity contribution < 1.29 is 74.0 Å². The van der Waals surface area contributed by atoms with Gasteiger partial charge < -0.3 is 17.7 Å². The van der Waals surface area contributed by atoms with Crippen LogP contribution in [0.3, 0.4) is 0 Å². The summed E-state index contributed by atoms with van der Waals surface area (Å²) >= 11 is 0. The molecule has 0 saturated heterocycles. The average molecular weight is 354 g/mol. The first kappa shape index (κ1) is 20.3. The summed E-state index contributed by atoms with van der Waals surface area (Å²) in [5.74, 6) is 0. The SMILES string of the molecule is O=[N+]([O-])c1ccc(Cn2nncc2COC[B-](F)(F)F)cc1.[K+]. The number of hydrogen-bond acceptors (Lipinski definition) is 5. The Bertz CT molecular complexity index is 651. The van der Waals surface area contributed by atoms with Crippen molar-refractivity contribution in [3.8, 4) is 0 Å². The van der Waals surface area contributed by atoms with Crippen molar-refractivity contribution in [2.45, 2.75) is 13.2 Å². The first-order chi connectivity index (χ1) is 10.3. The van der Waals surface area contributed by atoms with Crippen LogP contribution in [0.5, 0.6) is 0 Å². The van der Waals surface area contributed by atoms with Crippen LogP contribution in [0.25, 0.3) is 0 Å². The van der Waals surface area contributed by atoms with Crippen molar-refractivity contribution in [3.63, 3.8) is 0 Å². The summed E-state index contributed by atoms with van der Waals surface area (Å²) < 4.78 is 42.2. The van der Waals surface area contributed by atoms with Crippen molar-refractivity contribution in [2.24, 2.45) is 0 Å². The number of aromatic nitrogens is 3. The molecule has 1 aromatic heterocycles. The van der Waals surface area contributed by atoms with Crippen LogP contribution in [-0.2, 0) is 17.9 Å². The Labute approximate surface area is 171 Å². The fourth-order valence-electron chi connectivity index (χ4n) is 1.72. The Morgan fingerprint density at radius 2 is 1.91 bits per heavy atom. The second-order valence-corrected chi connectivity index (χ2v) is 4.53. The average Bonchev–Trinajstić information content (AvgIpc) is 2.85. The largest absolute Gasteiger partial charge is 1.00 e. The van der Waals surface area contributed by atoms with Gasteiger partial charge in [0.15, 0.2) is 0 Å². The van der Waals surface area contributed by atoms with E-state index in [1.54, 1.807) is 12.1 Å². The van der Waals surface area contributed by atoms with Gasteiger partial charge in [0.05, 0.1) is 30.0 Å². The van der Waals surface area contributed by atoms with Gasteiger partial charge in [0, 0.05) is 18.6 Å². The fraction of sp³-hybridized carbons (Fsp3) is 0.273. The minimum absolute atomic E-state index is 0. The maximum atomic E-state index is 12.1. The van der Waals surface area contributed by atoms with Gasteiger partial charge in [0.1, 0.15) is 0 Å². The van der Waals surface area contributed by atoms with Gasteiger partial charge in [-0.2, -0.15) is 0 Å². The van der Waals surface area contributed by atoms with Gasteiger partial charge in [-0.15, -0.1) is 5.10 Å². The molecule has 12 heteroatoms. The second kappa shape index (κ2) is 8.89. The van der Waals surface area contributed by atoms with Crippen molar-refractivity contribution in [1.29, 1.82) is 0 Å². The number of ether oxygens (including phenoxy) is 1. The number of halogens is 3. The third-order valence-corrected chi connectivity index (χ3v) is 2.73. The molecule has 7 nitrogen and oxygen atoms in total.